The lowest BCUT2D eigenvalue weighted by Crippen LogP contribution is -2.22. The van der Waals surface area contributed by atoms with Crippen LogP contribution in [0, 0.1) is 16.7 Å². The fourth-order valence-electron chi connectivity index (χ4n) is 4.59. The van der Waals surface area contributed by atoms with Crippen LogP contribution < -0.4 is 15.8 Å². The number of amides is 1. The molecule has 2 heterocycles. The van der Waals surface area contributed by atoms with E-state index in [0.29, 0.717) is 35.7 Å². The lowest BCUT2D eigenvalue weighted by molar-refractivity contribution is -0.118. The van der Waals surface area contributed by atoms with Crippen molar-refractivity contribution in [1.29, 1.82) is 10.7 Å². The van der Waals surface area contributed by atoms with Gasteiger partial charge in [-0.15, -0.1) is 0 Å². The highest BCUT2D eigenvalue weighted by Gasteiger charge is 2.29. The molecule has 4 N–H and O–H groups in total. The Morgan fingerprint density at radius 2 is 2.08 bits per heavy atom. The Labute approximate surface area is 211 Å². The molecular weight excluding hydrogens is 472 g/mol. The molecule has 1 aliphatic carbocycles. The van der Waals surface area contributed by atoms with Gasteiger partial charge in [0, 0.05) is 36.5 Å². The summed E-state index contributed by atoms with van der Waals surface area (Å²) in [5, 5.41) is 28.0. The second-order valence-electron chi connectivity index (χ2n) is 8.50. The summed E-state index contributed by atoms with van der Waals surface area (Å²) in [5.74, 6) is 0.656. The zero-order chi connectivity index (χ0) is 25.4. The van der Waals surface area contributed by atoms with Crippen LogP contribution >= 0.6 is 11.3 Å². The van der Waals surface area contributed by atoms with Crippen molar-refractivity contribution in [2.45, 2.75) is 19.8 Å². The van der Waals surface area contributed by atoms with Gasteiger partial charge in [-0.25, -0.2) is 4.52 Å². The van der Waals surface area contributed by atoms with Crippen molar-refractivity contribution in [2.75, 3.05) is 13.7 Å². The molecule has 8 nitrogen and oxygen atoms in total. The van der Waals surface area contributed by atoms with Crippen LogP contribution in [0.3, 0.4) is 0 Å². The monoisotopic (exact) mass is 496 g/mol. The molecule has 0 unspecified atom stereocenters. The number of methoxy groups -OCH3 is 1. The summed E-state index contributed by atoms with van der Waals surface area (Å²) in [5.41, 5.74) is 11.3. The third-order valence-electron chi connectivity index (χ3n) is 6.28. The summed E-state index contributed by atoms with van der Waals surface area (Å²) < 4.78 is 7.33. The highest BCUT2D eigenvalue weighted by molar-refractivity contribution is 7.18. The number of nitrogens with two attached hydrogens (primary N) is 1. The normalized spacial score (nSPS) is 14.0. The predicted molar refractivity (Wildman–Crippen MR) is 142 cm³/mol. The van der Waals surface area contributed by atoms with E-state index >= 15 is 0 Å². The molecule has 0 radical (unpaired) electrons. The smallest absolute Gasteiger partial charge is 0.216 e. The van der Waals surface area contributed by atoms with Crippen molar-refractivity contribution in [1.82, 2.24) is 14.9 Å². The van der Waals surface area contributed by atoms with Crippen molar-refractivity contribution in [3.05, 3.63) is 75.9 Å². The second kappa shape index (κ2) is 9.32. The van der Waals surface area contributed by atoms with Crippen molar-refractivity contribution in [3.8, 4) is 11.8 Å². The minimum atomic E-state index is -0.0842. The number of fused-ring (bicyclic) bond motifs is 3. The molecule has 1 aliphatic rings. The third kappa shape index (κ3) is 3.91. The van der Waals surface area contributed by atoms with E-state index in [-0.39, 0.29) is 17.2 Å². The van der Waals surface area contributed by atoms with Crippen LogP contribution in [0.5, 0.6) is 5.75 Å². The molecule has 36 heavy (non-hydrogen) atoms. The van der Waals surface area contributed by atoms with E-state index in [0.717, 1.165) is 38.2 Å². The number of nitrogens with zero attached hydrogens (tertiary/aromatic N) is 3. The van der Waals surface area contributed by atoms with Crippen molar-refractivity contribution >= 4 is 49.8 Å². The Balaban J connectivity index is 1.73. The first kappa shape index (κ1) is 23.3. The van der Waals surface area contributed by atoms with Gasteiger partial charge in [0.15, 0.2) is 0 Å². The maximum Gasteiger partial charge on any atom is 0.216 e. The largest absolute Gasteiger partial charge is 0.497 e. The van der Waals surface area contributed by atoms with Crippen LogP contribution in [0.1, 0.15) is 29.5 Å². The Morgan fingerprint density at radius 3 is 2.78 bits per heavy atom. The van der Waals surface area contributed by atoms with Gasteiger partial charge in [0.05, 0.1) is 23.9 Å². The van der Waals surface area contributed by atoms with Gasteiger partial charge >= 0.3 is 0 Å². The van der Waals surface area contributed by atoms with Crippen LogP contribution in [-0.4, -0.2) is 34.9 Å². The minimum Gasteiger partial charge on any atom is -0.497 e. The number of nitrogens with one attached hydrogen (secondary N) is 2. The molecular formula is C27H24N6O2S. The second-order valence-corrected chi connectivity index (χ2v) is 9.48. The number of hydrogen-bond acceptors (Lipinski definition) is 7. The Morgan fingerprint density at radius 1 is 1.31 bits per heavy atom. The van der Waals surface area contributed by atoms with E-state index in [1.807, 2.05) is 53.0 Å². The Bertz CT molecular complexity index is 1640. The lowest BCUT2D eigenvalue weighted by Gasteiger charge is -2.21. The van der Waals surface area contributed by atoms with E-state index in [9.17, 15) is 10.1 Å². The standard InChI is InChI=1S/C27H24N6O2S/c1-15(34)31-11-10-18-20-12-17(35-2)8-9-23(20)33-27(18)36-26(32-33)24-19(16-6-4-3-5-7-16)13-22(29)21(14-28)25(24)30/h3-9,12,30H,10-11,13,29H2,1-2H3,(H,31,34). The zero-order valence-corrected chi connectivity index (χ0v) is 20.7. The first-order valence-corrected chi connectivity index (χ1v) is 12.2. The van der Waals surface area contributed by atoms with Crippen LogP contribution in [0.4, 0.5) is 0 Å². The van der Waals surface area contributed by atoms with E-state index in [1.165, 1.54) is 18.3 Å². The SMILES string of the molecule is COc1ccc2c(c1)c(CCNC(C)=O)c1sc(C3=C(c4ccccc4)CC(N)=C(C#N)C3=N)nn12. The molecule has 0 bridgehead atoms. The molecule has 0 spiro atoms. The number of hydrogen-bond donors (Lipinski definition) is 3. The van der Waals surface area contributed by atoms with Crippen molar-refractivity contribution in [3.63, 3.8) is 0 Å². The number of aromatic nitrogens is 2. The first-order chi connectivity index (χ1) is 17.4. The van der Waals surface area contributed by atoms with Gasteiger partial charge in [0.25, 0.3) is 0 Å². The molecule has 0 aliphatic heterocycles. The van der Waals surface area contributed by atoms with Gasteiger partial charge in [0.2, 0.25) is 5.91 Å². The molecule has 1 amide bonds. The minimum absolute atomic E-state index is 0.0842. The highest BCUT2D eigenvalue weighted by Crippen LogP contribution is 2.41. The fraction of sp³-hybridized carbons (Fsp3) is 0.185. The molecule has 0 atom stereocenters. The number of carbonyl (C=O) groups is 1. The summed E-state index contributed by atoms with van der Waals surface area (Å²) in [7, 11) is 1.63. The molecule has 5 rings (SSSR count). The van der Waals surface area contributed by atoms with E-state index < -0.39 is 0 Å². The molecule has 2 aromatic carbocycles. The fourth-order valence-corrected chi connectivity index (χ4v) is 5.78. The van der Waals surface area contributed by atoms with Crippen molar-refractivity contribution < 1.29 is 9.53 Å². The van der Waals surface area contributed by atoms with E-state index in [1.54, 1.807) is 7.11 Å². The molecule has 0 saturated carbocycles. The first-order valence-electron chi connectivity index (χ1n) is 11.4. The van der Waals surface area contributed by atoms with E-state index in [2.05, 4.69) is 11.4 Å². The topological polar surface area (TPSA) is 129 Å². The highest BCUT2D eigenvalue weighted by atomic mass is 32.1. The van der Waals surface area contributed by atoms with Crippen LogP contribution in [0.2, 0.25) is 0 Å². The van der Waals surface area contributed by atoms with Gasteiger partial charge in [0.1, 0.15) is 21.7 Å². The average molecular weight is 497 g/mol. The Hall–Kier alpha value is -4.42. The predicted octanol–water partition coefficient (Wildman–Crippen LogP) is 4.31. The maximum absolute atomic E-state index is 11.5. The van der Waals surface area contributed by atoms with Gasteiger partial charge < -0.3 is 15.8 Å². The Kier molecular flexibility index (Phi) is 6.04. The van der Waals surface area contributed by atoms with Crippen molar-refractivity contribution in [2.24, 2.45) is 5.73 Å². The van der Waals surface area contributed by atoms with Gasteiger partial charge in [-0.2, -0.15) is 10.4 Å². The molecule has 9 heteroatoms. The molecule has 0 fully saturated rings. The molecule has 4 aromatic rings. The number of nitriles is 1. The summed E-state index contributed by atoms with van der Waals surface area (Å²) >= 11 is 1.47. The molecule has 180 valence electrons. The van der Waals surface area contributed by atoms with Gasteiger partial charge in [-0.1, -0.05) is 41.7 Å². The molecule has 2 aromatic heterocycles. The average Bonchev–Trinajstić information content (AvgIpc) is 3.41. The maximum atomic E-state index is 11.5. The number of rotatable bonds is 6. The third-order valence-corrected chi connectivity index (χ3v) is 7.37. The summed E-state index contributed by atoms with van der Waals surface area (Å²) in [4.78, 5) is 12.4. The van der Waals surface area contributed by atoms with Gasteiger partial charge in [-0.05, 0) is 41.3 Å². The summed E-state index contributed by atoms with van der Waals surface area (Å²) in [6.45, 7) is 1.99. The zero-order valence-electron chi connectivity index (χ0n) is 19.9. The van der Waals surface area contributed by atoms with Crippen LogP contribution in [0.25, 0.3) is 26.9 Å². The van der Waals surface area contributed by atoms with E-state index in [4.69, 9.17) is 21.0 Å². The lowest BCUT2D eigenvalue weighted by atomic mass is 9.85. The number of ether oxygens (including phenoxy) is 1. The van der Waals surface area contributed by atoms with Crippen LogP contribution in [0.15, 0.2) is 59.8 Å². The summed E-state index contributed by atoms with van der Waals surface area (Å²) in [6.07, 6.45) is 0.978. The molecule has 0 saturated heterocycles. The number of allylic oxidation sites excluding steroid dienone is 3. The van der Waals surface area contributed by atoms with Gasteiger partial charge in [-0.3, -0.25) is 10.2 Å². The summed E-state index contributed by atoms with van der Waals surface area (Å²) in [6, 6.07) is 17.7. The quantitative estimate of drug-likeness (QED) is 0.366. The number of benzene rings is 2. The van der Waals surface area contributed by atoms with Crippen LogP contribution in [-0.2, 0) is 11.2 Å². The number of carbonyl (C=O) groups excluding carboxylic acids is 1.